The van der Waals surface area contributed by atoms with Gasteiger partial charge in [-0.15, -0.1) is 0 Å². The maximum absolute atomic E-state index is 12.5. The Hall–Kier alpha value is -1.49. The third-order valence-electron chi connectivity index (χ3n) is 1.24. The van der Waals surface area contributed by atoms with Crippen LogP contribution in [0.2, 0.25) is 0 Å². The number of hydrogen-bond donors (Lipinski definition) is 1. The van der Waals surface area contributed by atoms with Gasteiger partial charge in [-0.25, -0.2) is 8.78 Å². The summed E-state index contributed by atoms with van der Waals surface area (Å²) in [5.74, 6) is -1.75. The number of nitrogen functional groups attached to an aromatic ring is 1. The minimum absolute atomic E-state index is 0.228. The highest BCUT2D eigenvalue weighted by molar-refractivity contribution is 5.77. The van der Waals surface area contributed by atoms with Crippen LogP contribution in [0, 0.1) is 11.6 Å². The first-order valence-corrected chi connectivity index (χ1v) is 3.66. The highest BCUT2D eigenvalue weighted by Crippen LogP contribution is 2.14. The molecule has 0 heterocycles. The van der Waals surface area contributed by atoms with Crippen molar-refractivity contribution < 1.29 is 18.3 Å². The molecule has 0 aliphatic heterocycles. The van der Waals surface area contributed by atoms with Gasteiger partial charge in [0.1, 0.15) is 11.6 Å². The number of anilines is 1. The van der Waals surface area contributed by atoms with Crippen molar-refractivity contribution in [3.05, 3.63) is 29.3 Å². The molecule has 5 heteroatoms. The molecule has 0 saturated carbocycles. The number of methoxy groups -OCH3 is 1. The Kier molecular flexibility index (Phi) is 5.40. The summed E-state index contributed by atoms with van der Waals surface area (Å²) in [6, 6.07) is 1.54. The van der Waals surface area contributed by atoms with Gasteiger partial charge < -0.3 is 10.5 Å². The molecule has 2 N–H and O–H groups in total. The Morgan fingerprint density at radius 1 is 1.29 bits per heavy atom. The lowest BCUT2D eigenvalue weighted by Crippen LogP contribution is -1.95. The molecule has 0 aromatic heterocycles. The summed E-state index contributed by atoms with van der Waals surface area (Å²) in [5.41, 5.74) is 4.60. The first kappa shape index (κ1) is 12.5. The van der Waals surface area contributed by atoms with E-state index in [9.17, 15) is 13.6 Å². The molecule has 0 amide bonds. The Balaban J connectivity index is 0.000000500. The molecule has 0 aliphatic rings. The van der Waals surface area contributed by atoms with Gasteiger partial charge in [0.2, 0.25) is 0 Å². The minimum Gasteiger partial charge on any atom is -0.396 e. The fourth-order valence-electron chi connectivity index (χ4n) is 0.674. The zero-order chi connectivity index (χ0) is 11.1. The lowest BCUT2D eigenvalue weighted by molar-refractivity contribution is 0.112. The standard InChI is InChI=1S/C7H5F2NO.C2H6O/c8-5-2-6(9)7(10)1-4(5)3-11;1-3-2/h1-3H,10H2;1-2H3. The number of rotatable bonds is 1. The summed E-state index contributed by atoms with van der Waals surface area (Å²) < 4.78 is 29.2. The topological polar surface area (TPSA) is 52.3 Å². The van der Waals surface area contributed by atoms with E-state index >= 15 is 0 Å². The SMILES string of the molecule is COC.Nc1cc(C=O)c(F)cc1F. The van der Waals surface area contributed by atoms with Crippen LogP contribution in [-0.4, -0.2) is 20.5 Å². The average Bonchev–Trinajstić information content (AvgIpc) is 2.12. The Bertz CT molecular complexity index is 316. The van der Waals surface area contributed by atoms with Gasteiger partial charge in [-0.3, -0.25) is 4.79 Å². The largest absolute Gasteiger partial charge is 0.396 e. The molecule has 1 aromatic rings. The number of halogens is 2. The maximum Gasteiger partial charge on any atom is 0.153 e. The summed E-state index contributed by atoms with van der Waals surface area (Å²) in [5, 5.41) is 0. The second-order valence-corrected chi connectivity index (χ2v) is 2.42. The molecule has 0 radical (unpaired) electrons. The number of hydrogen-bond acceptors (Lipinski definition) is 3. The number of ether oxygens (including phenoxy) is 1. The number of benzene rings is 1. The number of nitrogens with two attached hydrogens (primary N) is 1. The van der Waals surface area contributed by atoms with E-state index in [2.05, 4.69) is 4.74 Å². The molecule has 0 unspecified atom stereocenters. The molecule has 1 aromatic carbocycles. The normalized spacial score (nSPS) is 8.86. The molecule has 0 spiro atoms. The molecule has 0 atom stereocenters. The smallest absolute Gasteiger partial charge is 0.153 e. The Morgan fingerprint density at radius 2 is 1.79 bits per heavy atom. The Labute approximate surface area is 80.5 Å². The van der Waals surface area contributed by atoms with Crippen LogP contribution in [0.1, 0.15) is 10.4 Å². The molecule has 78 valence electrons. The van der Waals surface area contributed by atoms with Crippen molar-refractivity contribution in [2.75, 3.05) is 20.0 Å². The third kappa shape index (κ3) is 3.49. The van der Waals surface area contributed by atoms with Crippen molar-refractivity contribution in [2.45, 2.75) is 0 Å². The highest BCUT2D eigenvalue weighted by atomic mass is 19.1. The van der Waals surface area contributed by atoms with Gasteiger partial charge in [-0.1, -0.05) is 0 Å². The van der Waals surface area contributed by atoms with E-state index in [-0.39, 0.29) is 17.5 Å². The van der Waals surface area contributed by atoms with Crippen molar-refractivity contribution in [2.24, 2.45) is 0 Å². The minimum atomic E-state index is -0.897. The average molecular weight is 203 g/mol. The number of carbonyl (C=O) groups excluding carboxylic acids is 1. The zero-order valence-corrected chi connectivity index (χ0v) is 7.88. The molecule has 14 heavy (non-hydrogen) atoms. The van der Waals surface area contributed by atoms with Crippen molar-refractivity contribution in [3.63, 3.8) is 0 Å². The van der Waals surface area contributed by atoms with Gasteiger partial charge in [0.15, 0.2) is 6.29 Å². The predicted molar refractivity (Wildman–Crippen MR) is 49.1 cm³/mol. The number of aldehydes is 1. The molecule has 0 fully saturated rings. The van der Waals surface area contributed by atoms with Gasteiger partial charge in [-0.2, -0.15) is 0 Å². The van der Waals surface area contributed by atoms with E-state index in [1.54, 1.807) is 14.2 Å². The number of carbonyl (C=O) groups is 1. The van der Waals surface area contributed by atoms with E-state index in [0.717, 1.165) is 6.07 Å². The van der Waals surface area contributed by atoms with E-state index in [0.29, 0.717) is 6.07 Å². The van der Waals surface area contributed by atoms with Crippen molar-refractivity contribution in [1.82, 2.24) is 0 Å². The maximum atomic E-state index is 12.5. The summed E-state index contributed by atoms with van der Waals surface area (Å²) in [6.07, 6.45) is 0.283. The van der Waals surface area contributed by atoms with E-state index in [4.69, 9.17) is 5.73 Å². The van der Waals surface area contributed by atoms with Crippen LogP contribution in [0.25, 0.3) is 0 Å². The predicted octanol–water partition coefficient (Wildman–Crippen LogP) is 1.62. The van der Waals surface area contributed by atoms with Crippen LogP contribution in [-0.2, 0) is 4.74 Å². The van der Waals surface area contributed by atoms with Crippen LogP contribution < -0.4 is 5.73 Å². The zero-order valence-electron chi connectivity index (χ0n) is 7.88. The fourth-order valence-corrected chi connectivity index (χ4v) is 0.674. The van der Waals surface area contributed by atoms with Crippen LogP contribution in [0.3, 0.4) is 0 Å². The van der Waals surface area contributed by atoms with Crippen molar-refractivity contribution >= 4 is 12.0 Å². The fraction of sp³-hybridized carbons (Fsp3) is 0.222. The van der Waals surface area contributed by atoms with Gasteiger partial charge in [-0.05, 0) is 6.07 Å². The van der Waals surface area contributed by atoms with Crippen LogP contribution in [0.5, 0.6) is 0 Å². The van der Waals surface area contributed by atoms with Crippen LogP contribution >= 0.6 is 0 Å². The van der Waals surface area contributed by atoms with E-state index < -0.39 is 11.6 Å². The lowest BCUT2D eigenvalue weighted by Gasteiger charge is -1.97. The van der Waals surface area contributed by atoms with Crippen LogP contribution in [0.4, 0.5) is 14.5 Å². The molecule has 0 saturated heterocycles. The molecular formula is C9H11F2NO2. The lowest BCUT2D eigenvalue weighted by atomic mass is 10.2. The third-order valence-corrected chi connectivity index (χ3v) is 1.24. The first-order chi connectivity index (χ1) is 6.56. The van der Waals surface area contributed by atoms with Gasteiger partial charge in [0.25, 0.3) is 0 Å². The summed E-state index contributed by atoms with van der Waals surface area (Å²) in [7, 11) is 3.25. The molecule has 3 nitrogen and oxygen atoms in total. The quantitative estimate of drug-likeness (QED) is 0.557. The molecular weight excluding hydrogens is 192 g/mol. The first-order valence-electron chi connectivity index (χ1n) is 3.66. The van der Waals surface area contributed by atoms with Crippen LogP contribution in [0.15, 0.2) is 12.1 Å². The Morgan fingerprint density at radius 3 is 2.21 bits per heavy atom. The van der Waals surface area contributed by atoms with Gasteiger partial charge >= 0.3 is 0 Å². The van der Waals surface area contributed by atoms with E-state index in [1.807, 2.05) is 0 Å². The van der Waals surface area contributed by atoms with Crippen molar-refractivity contribution in [3.8, 4) is 0 Å². The summed E-state index contributed by atoms with van der Waals surface area (Å²) >= 11 is 0. The van der Waals surface area contributed by atoms with E-state index in [1.165, 1.54) is 0 Å². The van der Waals surface area contributed by atoms with Gasteiger partial charge in [0.05, 0.1) is 11.3 Å². The second-order valence-electron chi connectivity index (χ2n) is 2.42. The highest BCUT2D eigenvalue weighted by Gasteiger charge is 2.05. The monoisotopic (exact) mass is 203 g/mol. The summed E-state index contributed by atoms with van der Waals surface area (Å²) in [4.78, 5) is 10.1. The van der Waals surface area contributed by atoms with Crippen molar-refractivity contribution in [1.29, 1.82) is 0 Å². The molecule has 1 rings (SSSR count). The molecule has 0 bridgehead atoms. The summed E-state index contributed by atoms with van der Waals surface area (Å²) in [6.45, 7) is 0. The second kappa shape index (κ2) is 6.04. The molecule has 0 aliphatic carbocycles. The van der Waals surface area contributed by atoms with Gasteiger partial charge in [0, 0.05) is 20.3 Å².